The molecule has 5 heteroatoms. The van der Waals surface area contributed by atoms with Crippen molar-refractivity contribution in [2.45, 2.75) is 32.1 Å². The van der Waals surface area contributed by atoms with Gasteiger partial charge in [-0.1, -0.05) is 19.3 Å². The van der Waals surface area contributed by atoms with E-state index in [-0.39, 0.29) is 16.1 Å². The van der Waals surface area contributed by atoms with E-state index in [0.717, 1.165) is 6.54 Å². The van der Waals surface area contributed by atoms with E-state index in [2.05, 4.69) is 15.9 Å². The highest BCUT2D eigenvalue weighted by atomic mass is 79.9. The van der Waals surface area contributed by atoms with Crippen molar-refractivity contribution in [3.05, 3.63) is 28.0 Å². The summed E-state index contributed by atoms with van der Waals surface area (Å²) in [5, 5.41) is 7.42. The zero-order valence-corrected chi connectivity index (χ0v) is 13.3. The Hall–Kier alpha value is -1.10. The highest BCUT2D eigenvalue weighted by Crippen LogP contribution is 2.31. The van der Waals surface area contributed by atoms with Gasteiger partial charge in [-0.3, -0.25) is 5.41 Å². The summed E-state index contributed by atoms with van der Waals surface area (Å²) in [5.74, 6) is 0.188. The van der Waals surface area contributed by atoms with Crippen LogP contribution in [-0.4, -0.2) is 19.4 Å². The van der Waals surface area contributed by atoms with Gasteiger partial charge in [0, 0.05) is 19.2 Å². The molecule has 0 spiro atoms. The van der Waals surface area contributed by atoms with Gasteiger partial charge >= 0.3 is 0 Å². The Kier molecular flexibility index (Phi) is 5.02. The van der Waals surface area contributed by atoms with Crippen LogP contribution in [0.4, 0.5) is 10.1 Å². The molecule has 2 rings (SSSR count). The van der Waals surface area contributed by atoms with Gasteiger partial charge in [0.05, 0.1) is 10.2 Å². The minimum atomic E-state index is -0.337. The molecule has 0 saturated heterocycles. The Balaban J connectivity index is 2.15. The number of nitrogens with two attached hydrogens (primary N) is 1. The van der Waals surface area contributed by atoms with E-state index in [4.69, 9.17) is 11.1 Å². The summed E-state index contributed by atoms with van der Waals surface area (Å²) < 4.78 is 14.7. The molecule has 0 heterocycles. The standard InChI is InChI=1S/C15H21BrFN3/c1-20(9-10-5-3-2-4-6-10)12-8-7-11(15(18)19)13(16)14(12)17/h7-8,10H,2-6,9H2,1H3,(H3,18,19). The molecule has 0 aromatic heterocycles. The molecule has 1 aromatic carbocycles. The van der Waals surface area contributed by atoms with Crippen molar-refractivity contribution in [2.24, 2.45) is 11.7 Å². The topological polar surface area (TPSA) is 53.1 Å². The highest BCUT2D eigenvalue weighted by molar-refractivity contribution is 9.10. The second-order valence-corrected chi connectivity index (χ2v) is 6.35. The molecule has 3 nitrogen and oxygen atoms in total. The van der Waals surface area contributed by atoms with Crippen molar-refractivity contribution < 1.29 is 4.39 Å². The Labute approximate surface area is 128 Å². The first kappa shape index (κ1) is 15.3. The molecule has 1 aliphatic carbocycles. The van der Waals surface area contributed by atoms with E-state index in [9.17, 15) is 4.39 Å². The van der Waals surface area contributed by atoms with Crippen LogP contribution in [0.15, 0.2) is 16.6 Å². The van der Waals surface area contributed by atoms with Gasteiger partial charge in [0.2, 0.25) is 0 Å². The second-order valence-electron chi connectivity index (χ2n) is 5.56. The average molecular weight is 342 g/mol. The molecule has 0 unspecified atom stereocenters. The number of halogens is 2. The van der Waals surface area contributed by atoms with Gasteiger partial charge in [-0.05, 0) is 46.8 Å². The van der Waals surface area contributed by atoms with E-state index in [1.165, 1.54) is 32.1 Å². The summed E-state index contributed by atoms with van der Waals surface area (Å²) in [4.78, 5) is 1.97. The van der Waals surface area contributed by atoms with E-state index in [0.29, 0.717) is 17.2 Å². The third-order valence-electron chi connectivity index (χ3n) is 4.02. The number of nitrogens with zero attached hydrogens (tertiary/aromatic N) is 1. The van der Waals surface area contributed by atoms with Crippen molar-refractivity contribution in [3.8, 4) is 0 Å². The zero-order chi connectivity index (χ0) is 14.7. The van der Waals surface area contributed by atoms with Crippen LogP contribution in [0.3, 0.4) is 0 Å². The number of hydrogen-bond donors (Lipinski definition) is 2. The third kappa shape index (κ3) is 3.32. The van der Waals surface area contributed by atoms with Crippen LogP contribution in [0.25, 0.3) is 0 Å². The summed E-state index contributed by atoms with van der Waals surface area (Å²) in [6.07, 6.45) is 6.37. The van der Waals surface area contributed by atoms with Crippen LogP contribution in [0, 0.1) is 17.1 Å². The lowest BCUT2D eigenvalue weighted by Gasteiger charge is -2.29. The van der Waals surface area contributed by atoms with Crippen molar-refractivity contribution in [1.82, 2.24) is 0 Å². The maximum Gasteiger partial charge on any atom is 0.161 e. The summed E-state index contributed by atoms with van der Waals surface area (Å²) in [5.41, 5.74) is 6.39. The molecule has 1 aromatic rings. The average Bonchev–Trinajstić information content (AvgIpc) is 2.42. The molecular weight excluding hydrogens is 321 g/mol. The maximum absolute atomic E-state index is 14.4. The number of nitrogens with one attached hydrogen (secondary N) is 1. The fourth-order valence-corrected chi connectivity index (χ4v) is 3.45. The molecular formula is C15H21BrFN3. The highest BCUT2D eigenvalue weighted by Gasteiger charge is 2.19. The van der Waals surface area contributed by atoms with Crippen LogP contribution in [0.5, 0.6) is 0 Å². The van der Waals surface area contributed by atoms with Gasteiger partial charge in [-0.25, -0.2) is 4.39 Å². The minimum Gasteiger partial charge on any atom is -0.384 e. The van der Waals surface area contributed by atoms with Gasteiger partial charge in [0.25, 0.3) is 0 Å². The SMILES string of the molecule is CN(CC1CCCCC1)c1ccc(C(=N)N)c(Br)c1F. The van der Waals surface area contributed by atoms with E-state index < -0.39 is 0 Å². The van der Waals surface area contributed by atoms with Crippen LogP contribution >= 0.6 is 15.9 Å². The van der Waals surface area contributed by atoms with Gasteiger partial charge in [0.1, 0.15) is 5.84 Å². The lowest BCUT2D eigenvalue weighted by Crippen LogP contribution is -2.27. The fourth-order valence-electron chi connectivity index (χ4n) is 2.90. The summed E-state index contributed by atoms with van der Waals surface area (Å²) in [7, 11) is 1.92. The normalized spacial score (nSPS) is 16.1. The molecule has 3 N–H and O–H groups in total. The predicted octanol–water partition coefficient (Wildman–Crippen LogP) is 3.89. The van der Waals surface area contributed by atoms with Gasteiger partial charge in [0.15, 0.2) is 5.82 Å². The Morgan fingerprint density at radius 2 is 2.05 bits per heavy atom. The van der Waals surface area contributed by atoms with Gasteiger partial charge in [-0.15, -0.1) is 0 Å². The Morgan fingerprint density at radius 1 is 1.40 bits per heavy atom. The van der Waals surface area contributed by atoms with Crippen LogP contribution < -0.4 is 10.6 Å². The van der Waals surface area contributed by atoms with Crippen LogP contribution in [0.2, 0.25) is 0 Å². The Bertz CT molecular complexity index is 498. The summed E-state index contributed by atoms with van der Waals surface area (Å²) in [6.45, 7) is 0.878. The number of nitrogen functional groups attached to an aromatic ring is 1. The molecule has 0 radical (unpaired) electrons. The second kappa shape index (κ2) is 6.57. The Morgan fingerprint density at radius 3 is 2.65 bits per heavy atom. The third-order valence-corrected chi connectivity index (χ3v) is 4.80. The molecule has 1 saturated carbocycles. The first-order chi connectivity index (χ1) is 9.50. The van der Waals surface area contributed by atoms with E-state index >= 15 is 0 Å². The summed E-state index contributed by atoms with van der Waals surface area (Å²) in [6, 6.07) is 3.40. The van der Waals surface area contributed by atoms with Crippen molar-refractivity contribution in [1.29, 1.82) is 5.41 Å². The lowest BCUT2D eigenvalue weighted by molar-refractivity contribution is 0.361. The molecule has 0 aliphatic heterocycles. The first-order valence-electron chi connectivity index (χ1n) is 7.04. The minimum absolute atomic E-state index is 0.128. The number of benzene rings is 1. The van der Waals surface area contributed by atoms with E-state index in [1.54, 1.807) is 12.1 Å². The van der Waals surface area contributed by atoms with Crippen molar-refractivity contribution in [2.75, 3.05) is 18.5 Å². The molecule has 1 fully saturated rings. The number of rotatable bonds is 4. The predicted molar refractivity (Wildman–Crippen MR) is 85.0 cm³/mol. The molecule has 110 valence electrons. The van der Waals surface area contributed by atoms with E-state index in [1.807, 2.05) is 11.9 Å². The lowest BCUT2D eigenvalue weighted by atomic mass is 9.89. The smallest absolute Gasteiger partial charge is 0.161 e. The van der Waals surface area contributed by atoms with Crippen molar-refractivity contribution >= 4 is 27.5 Å². The molecule has 0 atom stereocenters. The first-order valence-corrected chi connectivity index (χ1v) is 7.83. The maximum atomic E-state index is 14.4. The number of anilines is 1. The van der Waals surface area contributed by atoms with Crippen molar-refractivity contribution in [3.63, 3.8) is 0 Å². The molecule has 20 heavy (non-hydrogen) atoms. The van der Waals surface area contributed by atoms with Crippen LogP contribution in [-0.2, 0) is 0 Å². The number of amidine groups is 1. The van der Waals surface area contributed by atoms with Gasteiger partial charge in [-0.2, -0.15) is 0 Å². The van der Waals surface area contributed by atoms with Crippen LogP contribution in [0.1, 0.15) is 37.7 Å². The largest absolute Gasteiger partial charge is 0.384 e. The summed E-state index contributed by atoms with van der Waals surface area (Å²) >= 11 is 3.20. The monoisotopic (exact) mass is 341 g/mol. The van der Waals surface area contributed by atoms with Gasteiger partial charge < -0.3 is 10.6 Å². The molecule has 0 bridgehead atoms. The quantitative estimate of drug-likeness (QED) is 0.644. The fraction of sp³-hybridized carbons (Fsp3) is 0.533. The number of hydrogen-bond acceptors (Lipinski definition) is 2. The molecule has 0 amide bonds. The molecule has 1 aliphatic rings. The zero-order valence-electron chi connectivity index (χ0n) is 11.8.